The number of thiophene rings is 1. The number of carbonyl (C=O) groups excluding carboxylic acids is 2. The molecule has 1 aliphatic heterocycles. The normalized spacial score (nSPS) is 14.8. The molecule has 2 aliphatic rings. The highest BCUT2D eigenvalue weighted by molar-refractivity contribution is 7.09. The molecule has 1 N–H and O–H groups in total. The molecule has 0 atom stereocenters. The lowest BCUT2D eigenvalue weighted by Gasteiger charge is -2.24. The lowest BCUT2D eigenvalue weighted by Crippen LogP contribution is -2.28. The van der Waals surface area contributed by atoms with Crippen LogP contribution in [0.3, 0.4) is 0 Å². The van der Waals surface area contributed by atoms with Crippen LogP contribution in [0.4, 0.5) is 5.69 Å². The van der Waals surface area contributed by atoms with Crippen LogP contribution in [0, 0.1) is 0 Å². The van der Waals surface area contributed by atoms with Crippen LogP contribution in [-0.4, -0.2) is 31.1 Å². The zero-order valence-electron chi connectivity index (χ0n) is 18.0. The van der Waals surface area contributed by atoms with Crippen molar-refractivity contribution < 1.29 is 19.1 Å². The monoisotopic (exact) mass is 460 g/mol. The van der Waals surface area contributed by atoms with Gasteiger partial charge in [-0.25, -0.2) is 0 Å². The van der Waals surface area contributed by atoms with Gasteiger partial charge in [-0.1, -0.05) is 18.2 Å². The van der Waals surface area contributed by atoms with E-state index in [0.717, 1.165) is 29.0 Å². The second kappa shape index (κ2) is 9.50. The van der Waals surface area contributed by atoms with E-state index in [4.69, 9.17) is 9.47 Å². The summed E-state index contributed by atoms with van der Waals surface area (Å²) in [6.45, 7) is 1.47. The average molecular weight is 461 g/mol. The summed E-state index contributed by atoms with van der Waals surface area (Å²) in [5.74, 6) is 1.14. The number of carbonyl (C=O) groups is 2. The van der Waals surface area contributed by atoms with Gasteiger partial charge in [0.25, 0.3) is 11.8 Å². The van der Waals surface area contributed by atoms with Gasteiger partial charge in [0, 0.05) is 34.3 Å². The second-order valence-corrected chi connectivity index (χ2v) is 9.07. The van der Waals surface area contributed by atoms with Gasteiger partial charge in [-0.3, -0.25) is 9.59 Å². The molecule has 0 radical (unpaired) electrons. The van der Waals surface area contributed by atoms with Gasteiger partial charge >= 0.3 is 0 Å². The zero-order chi connectivity index (χ0) is 22.6. The molecular formula is C26H24N2O4S. The second-order valence-electron chi connectivity index (χ2n) is 8.03. The minimum atomic E-state index is -0.143. The molecule has 2 amide bonds. The lowest BCUT2D eigenvalue weighted by atomic mass is 10.1. The maximum Gasteiger partial charge on any atom is 0.251 e. The molecule has 5 rings (SSSR count). The minimum Gasteiger partial charge on any atom is -0.486 e. The zero-order valence-corrected chi connectivity index (χ0v) is 18.8. The van der Waals surface area contributed by atoms with E-state index in [-0.39, 0.29) is 11.8 Å². The summed E-state index contributed by atoms with van der Waals surface area (Å²) >= 11 is 1.61. The van der Waals surface area contributed by atoms with Crippen LogP contribution in [-0.2, 0) is 11.3 Å². The predicted molar refractivity (Wildman–Crippen MR) is 129 cm³/mol. The molecule has 7 heteroatoms. The molecule has 1 aliphatic carbocycles. The molecule has 1 aromatic heterocycles. The molecule has 3 aromatic rings. The smallest absolute Gasteiger partial charge is 0.251 e. The Morgan fingerprint density at radius 2 is 1.82 bits per heavy atom. The van der Waals surface area contributed by atoms with Crippen LogP contribution in [0.15, 0.2) is 66.1 Å². The van der Waals surface area contributed by atoms with Crippen LogP contribution >= 0.6 is 11.3 Å². The first-order valence-corrected chi connectivity index (χ1v) is 11.9. The summed E-state index contributed by atoms with van der Waals surface area (Å²) in [4.78, 5) is 28.2. The van der Waals surface area contributed by atoms with Crippen molar-refractivity contribution in [3.05, 3.63) is 82.1 Å². The molecule has 1 saturated carbocycles. The van der Waals surface area contributed by atoms with E-state index >= 15 is 0 Å². The van der Waals surface area contributed by atoms with E-state index in [2.05, 4.69) is 5.32 Å². The van der Waals surface area contributed by atoms with Crippen molar-refractivity contribution in [1.82, 2.24) is 5.32 Å². The van der Waals surface area contributed by atoms with E-state index in [1.807, 2.05) is 47.8 Å². The van der Waals surface area contributed by atoms with E-state index < -0.39 is 0 Å². The molecule has 0 saturated heterocycles. The third kappa shape index (κ3) is 5.26. The first-order chi connectivity index (χ1) is 16.2. The number of nitrogens with zero attached hydrogens (tertiary/aromatic N) is 1. The van der Waals surface area contributed by atoms with Crippen LogP contribution in [0.1, 0.15) is 33.6 Å². The Morgan fingerprint density at radius 3 is 2.55 bits per heavy atom. The molecule has 0 spiro atoms. The number of hydrogen-bond acceptors (Lipinski definition) is 5. The molecule has 168 valence electrons. The number of nitrogens with one attached hydrogen (secondary N) is 1. The van der Waals surface area contributed by atoms with Gasteiger partial charge in [0.15, 0.2) is 11.5 Å². The first-order valence-electron chi connectivity index (χ1n) is 11.0. The van der Waals surface area contributed by atoms with Crippen LogP contribution < -0.4 is 19.7 Å². The predicted octanol–water partition coefficient (Wildman–Crippen LogP) is 4.66. The van der Waals surface area contributed by atoms with Crippen molar-refractivity contribution in [1.29, 1.82) is 0 Å². The van der Waals surface area contributed by atoms with E-state index in [9.17, 15) is 9.59 Å². The number of hydrogen-bond donors (Lipinski definition) is 1. The van der Waals surface area contributed by atoms with Crippen molar-refractivity contribution in [3.63, 3.8) is 0 Å². The molecule has 2 heterocycles. The fraction of sp³-hybridized carbons (Fsp3) is 0.231. The maximum absolute atomic E-state index is 13.2. The Hall–Kier alpha value is -3.58. The lowest BCUT2D eigenvalue weighted by molar-refractivity contribution is -0.114. The summed E-state index contributed by atoms with van der Waals surface area (Å²) in [6, 6.07) is 17.1. The third-order valence-electron chi connectivity index (χ3n) is 5.50. The van der Waals surface area contributed by atoms with Gasteiger partial charge in [-0.15, -0.1) is 11.3 Å². The summed E-state index contributed by atoms with van der Waals surface area (Å²) < 4.78 is 11.3. The Kier molecular flexibility index (Phi) is 6.13. The topological polar surface area (TPSA) is 67.9 Å². The van der Waals surface area contributed by atoms with Gasteiger partial charge < -0.3 is 19.7 Å². The van der Waals surface area contributed by atoms with Crippen LogP contribution in [0.5, 0.6) is 11.5 Å². The van der Waals surface area contributed by atoms with E-state index in [0.29, 0.717) is 42.9 Å². The van der Waals surface area contributed by atoms with Crippen LogP contribution in [0.25, 0.3) is 6.08 Å². The van der Waals surface area contributed by atoms with Crippen LogP contribution in [0.2, 0.25) is 0 Å². The Bertz CT molecular complexity index is 1170. The van der Waals surface area contributed by atoms with Crippen molar-refractivity contribution in [2.45, 2.75) is 25.4 Å². The minimum absolute atomic E-state index is 0.0511. The molecule has 2 aromatic carbocycles. The summed E-state index contributed by atoms with van der Waals surface area (Å²) in [7, 11) is 0. The van der Waals surface area contributed by atoms with Crippen molar-refractivity contribution in [2.24, 2.45) is 0 Å². The van der Waals surface area contributed by atoms with Crippen molar-refractivity contribution in [2.75, 3.05) is 18.1 Å². The Balaban J connectivity index is 1.33. The first kappa shape index (κ1) is 21.3. The Labute approximate surface area is 196 Å². The quantitative estimate of drug-likeness (QED) is 0.521. The summed E-state index contributed by atoms with van der Waals surface area (Å²) in [5, 5.41) is 4.98. The maximum atomic E-state index is 13.2. The fourth-order valence-electron chi connectivity index (χ4n) is 3.55. The highest BCUT2D eigenvalue weighted by Gasteiger charge is 2.23. The third-order valence-corrected chi connectivity index (χ3v) is 6.36. The van der Waals surface area contributed by atoms with Gasteiger partial charge in [0.1, 0.15) is 13.2 Å². The molecule has 6 nitrogen and oxygen atoms in total. The van der Waals surface area contributed by atoms with Gasteiger partial charge in [0.05, 0.1) is 6.54 Å². The van der Waals surface area contributed by atoms with Crippen molar-refractivity contribution >= 4 is 34.9 Å². The molecule has 1 fully saturated rings. The van der Waals surface area contributed by atoms with Crippen molar-refractivity contribution in [3.8, 4) is 11.5 Å². The van der Waals surface area contributed by atoms with E-state index in [1.165, 1.54) is 0 Å². The highest BCUT2D eigenvalue weighted by Crippen LogP contribution is 2.35. The molecule has 33 heavy (non-hydrogen) atoms. The largest absolute Gasteiger partial charge is 0.486 e. The van der Waals surface area contributed by atoms with Gasteiger partial charge in [0.2, 0.25) is 0 Å². The molecule has 0 unspecified atom stereocenters. The Morgan fingerprint density at radius 1 is 1.03 bits per heavy atom. The number of anilines is 1. The number of benzene rings is 2. The highest BCUT2D eigenvalue weighted by atomic mass is 32.1. The fourth-order valence-corrected chi connectivity index (χ4v) is 4.25. The van der Waals surface area contributed by atoms with E-state index in [1.54, 1.807) is 40.5 Å². The standard InChI is InChI=1S/C26H24N2O4S/c29-25(12-5-18-3-6-19(7-4-18)26(30)27-20-8-9-20)28(17-22-2-1-15-33-22)21-10-11-23-24(16-21)32-14-13-31-23/h1-7,10-12,15-16,20H,8-9,13-14,17H2,(H,27,30)/b12-5+. The number of fused-ring (bicyclic) bond motifs is 1. The average Bonchev–Trinajstić information content (AvgIpc) is 3.51. The SMILES string of the molecule is O=C(NC1CC1)c1ccc(/C=C/C(=O)N(Cc2cccs2)c2ccc3c(c2)OCCO3)cc1. The number of ether oxygens (including phenoxy) is 2. The number of rotatable bonds is 7. The van der Waals surface area contributed by atoms with Gasteiger partial charge in [-0.05, 0) is 60.2 Å². The molecular weight excluding hydrogens is 436 g/mol. The van der Waals surface area contributed by atoms with Gasteiger partial charge in [-0.2, -0.15) is 0 Å². The summed E-state index contributed by atoms with van der Waals surface area (Å²) in [6.07, 6.45) is 5.44. The summed E-state index contributed by atoms with van der Waals surface area (Å²) in [5.41, 5.74) is 2.22. The molecule has 0 bridgehead atoms. The number of amides is 2.